The van der Waals surface area contributed by atoms with Crippen LogP contribution in [0.1, 0.15) is 15.9 Å². The molecule has 2 fully saturated rings. The van der Waals surface area contributed by atoms with E-state index in [0.717, 1.165) is 37.0 Å². The predicted octanol–water partition coefficient (Wildman–Crippen LogP) is 4.13. The summed E-state index contributed by atoms with van der Waals surface area (Å²) >= 11 is 0. The van der Waals surface area contributed by atoms with Gasteiger partial charge in [-0.2, -0.15) is 0 Å². The van der Waals surface area contributed by atoms with Gasteiger partial charge in [0.15, 0.2) is 0 Å². The lowest BCUT2D eigenvalue weighted by Gasteiger charge is -2.37. The highest BCUT2D eigenvalue weighted by Crippen LogP contribution is 2.29. The van der Waals surface area contributed by atoms with Gasteiger partial charge in [0.05, 0.1) is 24.4 Å². The number of anilines is 2. The van der Waals surface area contributed by atoms with Crippen molar-refractivity contribution in [1.29, 1.82) is 0 Å². The summed E-state index contributed by atoms with van der Waals surface area (Å²) in [5, 5.41) is 9.74. The number of hydrogen-bond acceptors (Lipinski definition) is 6. The van der Waals surface area contributed by atoms with Crippen LogP contribution in [0, 0.1) is 11.6 Å². The van der Waals surface area contributed by atoms with Crippen molar-refractivity contribution in [2.45, 2.75) is 6.54 Å². The normalized spacial score (nSPS) is 16.3. The molecule has 0 saturated carbocycles. The molecule has 2 aliphatic rings. The summed E-state index contributed by atoms with van der Waals surface area (Å²) in [7, 11) is 0. The first kappa shape index (κ1) is 26.9. The van der Waals surface area contributed by atoms with Crippen LogP contribution in [-0.2, 0) is 11.3 Å². The van der Waals surface area contributed by atoms with Crippen LogP contribution in [0.2, 0.25) is 0 Å². The van der Waals surface area contributed by atoms with Gasteiger partial charge in [0.1, 0.15) is 17.2 Å². The fourth-order valence-corrected chi connectivity index (χ4v) is 5.58. The van der Waals surface area contributed by atoms with Gasteiger partial charge in [0.25, 0.3) is 0 Å². The predicted molar refractivity (Wildman–Crippen MR) is 153 cm³/mol. The van der Waals surface area contributed by atoms with Crippen LogP contribution in [0.3, 0.4) is 0 Å². The van der Waals surface area contributed by atoms with Crippen LogP contribution in [0.25, 0.3) is 16.6 Å². The van der Waals surface area contributed by atoms with Gasteiger partial charge >= 0.3 is 5.97 Å². The van der Waals surface area contributed by atoms with E-state index in [1.54, 1.807) is 22.8 Å². The molecule has 41 heavy (non-hydrogen) atoms. The lowest BCUT2D eigenvalue weighted by atomic mass is 10.1. The topological polar surface area (TPSA) is 78.2 Å². The number of benzene rings is 3. The number of carboxylic acid groups (broad SMARTS) is 1. The zero-order valence-corrected chi connectivity index (χ0v) is 22.4. The SMILES string of the molecule is O=C(O)c1cn(-c2ccc(CN3CCOCC3)cc2)c2cc(N3CCN(c4ccc(F)cc4)CC3)c(F)cc2c1=O. The zero-order chi connectivity index (χ0) is 28.5. The minimum Gasteiger partial charge on any atom is -0.477 e. The van der Waals surface area contributed by atoms with Crippen molar-refractivity contribution in [2.75, 3.05) is 62.3 Å². The molecule has 3 heterocycles. The Morgan fingerprint density at radius 3 is 2.12 bits per heavy atom. The van der Waals surface area contributed by atoms with E-state index < -0.39 is 22.8 Å². The molecule has 1 N–H and O–H groups in total. The van der Waals surface area contributed by atoms with Gasteiger partial charge in [0.2, 0.25) is 5.43 Å². The van der Waals surface area contributed by atoms with Crippen LogP contribution >= 0.6 is 0 Å². The van der Waals surface area contributed by atoms with E-state index in [1.165, 1.54) is 18.3 Å². The summed E-state index contributed by atoms with van der Waals surface area (Å²) in [4.78, 5) is 31.3. The average molecular weight is 561 g/mol. The Hall–Kier alpha value is -4.28. The number of morpholine rings is 1. The summed E-state index contributed by atoms with van der Waals surface area (Å²) in [5.74, 6) is -2.25. The summed E-state index contributed by atoms with van der Waals surface area (Å²) in [5.41, 5.74) is 2.30. The monoisotopic (exact) mass is 560 g/mol. The molecule has 8 nitrogen and oxygen atoms in total. The number of rotatable bonds is 6. The molecule has 0 unspecified atom stereocenters. The minimum absolute atomic E-state index is 0.00786. The fourth-order valence-electron chi connectivity index (χ4n) is 5.58. The summed E-state index contributed by atoms with van der Waals surface area (Å²) in [6, 6.07) is 16.8. The molecular weight excluding hydrogens is 530 g/mol. The van der Waals surface area contributed by atoms with Gasteiger partial charge in [-0.1, -0.05) is 12.1 Å². The maximum absolute atomic E-state index is 15.5. The summed E-state index contributed by atoms with van der Waals surface area (Å²) in [6.07, 6.45) is 1.32. The highest BCUT2D eigenvalue weighted by molar-refractivity contribution is 5.94. The molecule has 3 aromatic carbocycles. The Balaban J connectivity index is 1.33. The lowest BCUT2D eigenvalue weighted by molar-refractivity contribution is 0.0342. The highest BCUT2D eigenvalue weighted by atomic mass is 19.1. The third kappa shape index (κ3) is 5.53. The van der Waals surface area contributed by atoms with Crippen molar-refractivity contribution < 1.29 is 23.4 Å². The number of nitrogens with zero attached hydrogens (tertiary/aromatic N) is 4. The van der Waals surface area contributed by atoms with Gasteiger partial charge in [-0.25, -0.2) is 13.6 Å². The van der Waals surface area contributed by atoms with Crippen molar-refractivity contribution in [3.05, 3.63) is 99.8 Å². The second-order valence-corrected chi connectivity index (χ2v) is 10.4. The highest BCUT2D eigenvalue weighted by Gasteiger charge is 2.23. The number of piperazine rings is 1. The van der Waals surface area contributed by atoms with E-state index in [-0.39, 0.29) is 11.2 Å². The number of carboxylic acids is 1. The number of aromatic nitrogens is 1. The molecule has 0 aliphatic carbocycles. The molecule has 0 radical (unpaired) electrons. The van der Waals surface area contributed by atoms with Crippen LogP contribution < -0.4 is 15.2 Å². The Morgan fingerprint density at radius 2 is 1.46 bits per heavy atom. The number of fused-ring (bicyclic) bond motifs is 1. The zero-order valence-electron chi connectivity index (χ0n) is 22.4. The molecule has 1 aromatic heterocycles. The Morgan fingerprint density at radius 1 is 0.829 bits per heavy atom. The molecular formula is C31H30F2N4O4. The van der Waals surface area contributed by atoms with E-state index in [9.17, 15) is 19.1 Å². The third-order valence-electron chi connectivity index (χ3n) is 7.84. The van der Waals surface area contributed by atoms with E-state index in [1.807, 2.05) is 29.2 Å². The van der Waals surface area contributed by atoms with Crippen molar-refractivity contribution >= 4 is 28.2 Å². The van der Waals surface area contributed by atoms with Gasteiger partial charge < -0.3 is 24.2 Å². The Kier molecular flexibility index (Phi) is 7.42. The van der Waals surface area contributed by atoms with Crippen molar-refractivity contribution in [3.63, 3.8) is 0 Å². The smallest absolute Gasteiger partial charge is 0.341 e. The molecule has 0 bridgehead atoms. The molecule has 0 amide bonds. The minimum atomic E-state index is -1.36. The van der Waals surface area contributed by atoms with Crippen LogP contribution in [0.4, 0.5) is 20.2 Å². The number of aromatic carboxylic acids is 1. The lowest BCUT2D eigenvalue weighted by Crippen LogP contribution is -2.46. The number of carbonyl (C=O) groups is 1. The Labute approximate surface area is 235 Å². The van der Waals surface area contributed by atoms with E-state index in [2.05, 4.69) is 9.80 Å². The maximum atomic E-state index is 15.5. The van der Waals surface area contributed by atoms with Crippen molar-refractivity contribution in [2.24, 2.45) is 0 Å². The molecule has 0 atom stereocenters. The summed E-state index contributed by atoms with van der Waals surface area (Å²) in [6.45, 7) is 6.17. The number of pyridine rings is 1. The van der Waals surface area contributed by atoms with Crippen LogP contribution in [-0.4, -0.2) is 73.0 Å². The molecule has 10 heteroatoms. The van der Waals surface area contributed by atoms with E-state index >= 15 is 4.39 Å². The van der Waals surface area contributed by atoms with Crippen LogP contribution in [0.5, 0.6) is 0 Å². The maximum Gasteiger partial charge on any atom is 0.341 e. The quantitative estimate of drug-likeness (QED) is 0.380. The first-order chi connectivity index (χ1) is 19.9. The van der Waals surface area contributed by atoms with Crippen molar-refractivity contribution in [1.82, 2.24) is 9.47 Å². The first-order valence-electron chi connectivity index (χ1n) is 13.6. The van der Waals surface area contributed by atoms with Gasteiger partial charge in [-0.15, -0.1) is 0 Å². The molecule has 6 rings (SSSR count). The number of ether oxygens (including phenoxy) is 1. The largest absolute Gasteiger partial charge is 0.477 e. The van der Waals surface area contributed by atoms with E-state index in [4.69, 9.17) is 4.74 Å². The van der Waals surface area contributed by atoms with Crippen molar-refractivity contribution in [3.8, 4) is 5.69 Å². The molecule has 0 spiro atoms. The summed E-state index contributed by atoms with van der Waals surface area (Å²) < 4.78 is 35.9. The standard InChI is InChI=1S/C31H30F2N4O4/c32-22-3-7-23(8-4-22)35-9-11-36(12-10-35)29-18-28-25(17-27(29)33)30(38)26(31(39)40)20-37(28)24-5-1-21(2-6-24)19-34-13-15-41-16-14-34/h1-8,17-18,20H,9-16,19H2,(H,39,40). The second-order valence-electron chi connectivity index (χ2n) is 10.4. The molecule has 4 aromatic rings. The average Bonchev–Trinajstić information content (AvgIpc) is 2.99. The third-order valence-corrected chi connectivity index (χ3v) is 7.84. The molecule has 212 valence electrons. The van der Waals surface area contributed by atoms with Gasteiger partial charge in [-0.3, -0.25) is 9.69 Å². The Bertz CT molecular complexity index is 1630. The molecule has 2 aliphatic heterocycles. The molecule has 2 saturated heterocycles. The first-order valence-corrected chi connectivity index (χ1v) is 13.6. The fraction of sp³-hybridized carbons (Fsp3) is 0.290. The van der Waals surface area contributed by atoms with Gasteiger partial charge in [-0.05, 0) is 54.1 Å². The van der Waals surface area contributed by atoms with Gasteiger partial charge in [0, 0.05) is 68.8 Å². The van der Waals surface area contributed by atoms with E-state index in [0.29, 0.717) is 56.3 Å². The number of halogens is 2. The second kappa shape index (κ2) is 11.3. The van der Waals surface area contributed by atoms with Crippen LogP contribution in [0.15, 0.2) is 71.7 Å². The number of hydrogen-bond donors (Lipinski definition) is 1.